The molecule has 0 aromatic carbocycles. The Kier molecular flexibility index (Phi) is 38.9. The molecule has 0 saturated carbocycles. The molecule has 0 saturated heterocycles. The molecule has 0 spiro atoms. The molecule has 0 atom stereocenters. The summed E-state index contributed by atoms with van der Waals surface area (Å²) in [6.45, 7) is 4.50. The van der Waals surface area contributed by atoms with Gasteiger partial charge in [-0.1, -0.05) is 181 Å². The van der Waals surface area contributed by atoms with E-state index in [1.54, 1.807) is 0 Å². The minimum atomic E-state index is -3.99. The third-order valence-corrected chi connectivity index (χ3v) is 9.07. The zero-order valence-corrected chi connectivity index (χ0v) is 29.4. The minimum absolute atomic E-state index is 0. The van der Waals surface area contributed by atoms with E-state index < -0.39 is 20.2 Å². The van der Waals surface area contributed by atoms with Crippen molar-refractivity contribution in [2.75, 3.05) is 11.5 Å². The van der Waals surface area contributed by atoms with Crippen LogP contribution in [-0.4, -0.2) is 37.4 Å². The van der Waals surface area contributed by atoms with Gasteiger partial charge in [0.05, 0.1) is 20.2 Å². The van der Waals surface area contributed by atoms with Crippen molar-refractivity contribution in [2.45, 2.75) is 194 Å². The summed E-state index contributed by atoms with van der Waals surface area (Å²) in [6, 6.07) is 0. The van der Waals surface area contributed by atoms with Crippen molar-refractivity contribution >= 4 is 20.2 Å². The summed E-state index contributed by atoms with van der Waals surface area (Å²) in [5.41, 5.74) is 0. The van der Waals surface area contributed by atoms with Gasteiger partial charge >= 0.3 is 17.1 Å². The van der Waals surface area contributed by atoms with Crippen molar-refractivity contribution in [2.24, 2.45) is 0 Å². The molecule has 1 radical (unpaired) electrons. The molecule has 41 heavy (non-hydrogen) atoms. The molecule has 0 aromatic heterocycles. The van der Waals surface area contributed by atoms with Crippen LogP contribution in [0.4, 0.5) is 0 Å². The van der Waals surface area contributed by atoms with E-state index in [2.05, 4.69) is 13.8 Å². The first-order valence-corrected chi connectivity index (χ1v) is 20.1. The fourth-order valence-corrected chi connectivity index (χ4v) is 6.06. The van der Waals surface area contributed by atoms with Gasteiger partial charge in [-0.05, 0) is 12.8 Å². The van der Waals surface area contributed by atoms with Gasteiger partial charge < -0.3 is 9.11 Å². The van der Waals surface area contributed by atoms with Crippen LogP contribution in [0, 0.1) is 0 Å². The maximum Gasteiger partial charge on any atom is 2.00 e. The molecule has 9 heteroatoms. The average molecular weight is 675 g/mol. The molecule has 0 fully saturated rings. The predicted molar refractivity (Wildman–Crippen MR) is 170 cm³/mol. The molecular formula is C32H66CuO6S2. The molecule has 0 amide bonds. The van der Waals surface area contributed by atoms with E-state index >= 15 is 0 Å². The SMILES string of the molecule is CCCCCCCCCCCCCCCCS(=O)(=O)[O-].CCCCCCCCCCCCCCCCS(=O)(=O)[O-].[Cu+2]. The largest absolute Gasteiger partial charge is 2.00 e. The second-order valence-corrected chi connectivity index (χ2v) is 14.8. The van der Waals surface area contributed by atoms with Crippen LogP contribution in [0.25, 0.3) is 0 Å². The molecule has 0 bridgehead atoms. The van der Waals surface area contributed by atoms with Crippen molar-refractivity contribution in [3.8, 4) is 0 Å². The van der Waals surface area contributed by atoms with E-state index in [0.717, 1.165) is 25.7 Å². The monoisotopic (exact) mass is 673 g/mol. The molecular weight excluding hydrogens is 608 g/mol. The maximum atomic E-state index is 10.4. The Morgan fingerprint density at radius 2 is 0.463 bits per heavy atom. The molecule has 0 aliphatic rings. The standard InChI is InChI=1S/2C16H34O3S.Cu/c2*1-2-3-4-5-6-7-8-9-10-11-12-13-14-15-16-20(17,18)19;/h2*2-16H2,1H3,(H,17,18,19);/q;;+2/p-2. The first-order chi connectivity index (χ1) is 19.1. The zero-order chi connectivity index (χ0) is 30.2. The Morgan fingerprint density at radius 3 is 0.610 bits per heavy atom. The Labute approximate surface area is 267 Å². The van der Waals surface area contributed by atoms with Crippen LogP contribution in [0.15, 0.2) is 0 Å². The average Bonchev–Trinajstić information content (AvgIpc) is 2.88. The van der Waals surface area contributed by atoms with Gasteiger partial charge in [-0.15, -0.1) is 0 Å². The van der Waals surface area contributed by atoms with E-state index in [-0.39, 0.29) is 28.6 Å². The van der Waals surface area contributed by atoms with Crippen molar-refractivity contribution in [3.63, 3.8) is 0 Å². The van der Waals surface area contributed by atoms with Crippen molar-refractivity contribution in [1.82, 2.24) is 0 Å². The second-order valence-electron chi connectivity index (χ2n) is 11.7. The first-order valence-electron chi connectivity index (χ1n) is 17.0. The van der Waals surface area contributed by atoms with Crippen LogP contribution in [0.1, 0.15) is 194 Å². The third kappa shape index (κ3) is 50.3. The van der Waals surface area contributed by atoms with E-state index in [4.69, 9.17) is 0 Å². The van der Waals surface area contributed by atoms with Crippen LogP contribution in [-0.2, 0) is 37.3 Å². The Balaban J connectivity index is -0.000000688. The van der Waals surface area contributed by atoms with Crippen LogP contribution < -0.4 is 0 Å². The van der Waals surface area contributed by atoms with Crippen LogP contribution in [0.3, 0.4) is 0 Å². The zero-order valence-electron chi connectivity index (χ0n) is 26.8. The van der Waals surface area contributed by atoms with Crippen molar-refractivity contribution in [3.05, 3.63) is 0 Å². The maximum absolute atomic E-state index is 10.4. The predicted octanol–water partition coefficient (Wildman–Crippen LogP) is 10.0. The summed E-state index contributed by atoms with van der Waals surface area (Å²) >= 11 is 0. The minimum Gasteiger partial charge on any atom is -0.748 e. The third-order valence-electron chi connectivity index (χ3n) is 7.50. The fourth-order valence-electron chi connectivity index (χ4n) is 4.95. The number of hydrogen-bond donors (Lipinski definition) is 0. The van der Waals surface area contributed by atoms with Gasteiger partial charge in [0.2, 0.25) is 0 Å². The molecule has 253 valence electrons. The van der Waals surface area contributed by atoms with E-state index in [0.29, 0.717) is 12.8 Å². The van der Waals surface area contributed by atoms with E-state index in [9.17, 15) is 25.9 Å². The second kappa shape index (κ2) is 34.8. The molecule has 0 aliphatic heterocycles. The van der Waals surface area contributed by atoms with Crippen LogP contribution in [0.5, 0.6) is 0 Å². The van der Waals surface area contributed by atoms with Gasteiger partial charge in [-0.25, -0.2) is 16.8 Å². The normalized spacial score (nSPS) is 11.6. The van der Waals surface area contributed by atoms with E-state index in [1.165, 1.54) is 141 Å². The van der Waals surface area contributed by atoms with Gasteiger partial charge in [-0.2, -0.15) is 0 Å². The fraction of sp³-hybridized carbons (Fsp3) is 1.00. The summed E-state index contributed by atoms with van der Waals surface area (Å²) in [5, 5.41) is 0. The number of rotatable bonds is 30. The summed E-state index contributed by atoms with van der Waals surface area (Å²) in [7, 11) is -7.98. The molecule has 0 aromatic rings. The summed E-state index contributed by atoms with van der Waals surface area (Å²) < 4.78 is 62.4. The van der Waals surface area contributed by atoms with Gasteiger partial charge in [-0.3, -0.25) is 0 Å². The Bertz CT molecular complexity index is 639. The topological polar surface area (TPSA) is 114 Å². The quantitative estimate of drug-likeness (QED) is 0.0426. The van der Waals surface area contributed by atoms with E-state index in [1.807, 2.05) is 0 Å². The molecule has 0 N–H and O–H groups in total. The van der Waals surface area contributed by atoms with Gasteiger partial charge in [0.25, 0.3) is 0 Å². The van der Waals surface area contributed by atoms with Crippen molar-refractivity contribution in [1.29, 1.82) is 0 Å². The van der Waals surface area contributed by atoms with Crippen LogP contribution in [0.2, 0.25) is 0 Å². The van der Waals surface area contributed by atoms with Gasteiger partial charge in [0.15, 0.2) is 0 Å². The smallest absolute Gasteiger partial charge is 0.748 e. The summed E-state index contributed by atoms with van der Waals surface area (Å²) in [5.74, 6) is -0.379. The molecule has 0 rings (SSSR count). The molecule has 6 nitrogen and oxygen atoms in total. The van der Waals surface area contributed by atoms with Crippen molar-refractivity contribution < 1.29 is 43.0 Å². The number of hydrogen-bond acceptors (Lipinski definition) is 6. The van der Waals surface area contributed by atoms with Gasteiger partial charge in [0, 0.05) is 11.5 Å². The molecule has 0 aliphatic carbocycles. The Morgan fingerprint density at radius 1 is 0.317 bits per heavy atom. The number of unbranched alkanes of at least 4 members (excludes halogenated alkanes) is 26. The first kappa shape index (κ1) is 45.8. The molecule has 0 heterocycles. The summed E-state index contributed by atoms with van der Waals surface area (Å²) in [4.78, 5) is 0. The van der Waals surface area contributed by atoms with Gasteiger partial charge in [0.1, 0.15) is 0 Å². The Hall–Kier alpha value is 0.339. The molecule has 0 unspecified atom stereocenters. The van der Waals surface area contributed by atoms with Crippen LogP contribution >= 0.6 is 0 Å². The summed E-state index contributed by atoms with van der Waals surface area (Å²) in [6.07, 6.45) is 34.3.